The molecule has 2 aromatic carbocycles. The standard InChI is InChI=1S/C18H19BrO3/c19-12-16(20)13-22-17(11-14-7-3-1-4-8-14)18(21)15-9-5-2-6-10-15/h1-10,16-17,20H,11-13H2. The van der Waals surface area contributed by atoms with Crippen LogP contribution in [-0.2, 0) is 11.2 Å². The van der Waals surface area contributed by atoms with Crippen LogP contribution < -0.4 is 0 Å². The molecule has 116 valence electrons. The number of carbonyl (C=O) groups excluding carboxylic acids is 1. The van der Waals surface area contributed by atoms with E-state index in [4.69, 9.17) is 4.74 Å². The first kappa shape index (κ1) is 16.9. The molecule has 0 fully saturated rings. The van der Waals surface area contributed by atoms with E-state index in [2.05, 4.69) is 15.9 Å². The first-order chi connectivity index (χ1) is 10.7. The van der Waals surface area contributed by atoms with Crippen molar-refractivity contribution in [1.29, 1.82) is 0 Å². The van der Waals surface area contributed by atoms with Crippen LogP contribution in [0, 0.1) is 0 Å². The number of hydrogen-bond acceptors (Lipinski definition) is 3. The summed E-state index contributed by atoms with van der Waals surface area (Å²) >= 11 is 3.20. The fourth-order valence-corrected chi connectivity index (χ4v) is 2.30. The third kappa shape index (κ3) is 5.05. The third-order valence-electron chi connectivity index (χ3n) is 3.28. The highest BCUT2D eigenvalue weighted by molar-refractivity contribution is 9.09. The van der Waals surface area contributed by atoms with Gasteiger partial charge >= 0.3 is 0 Å². The van der Waals surface area contributed by atoms with Crippen molar-refractivity contribution in [2.24, 2.45) is 0 Å². The quantitative estimate of drug-likeness (QED) is 0.579. The van der Waals surface area contributed by atoms with Crippen LogP contribution in [0.15, 0.2) is 60.7 Å². The molecule has 2 aromatic rings. The summed E-state index contributed by atoms with van der Waals surface area (Å²) in [5.74, 6) is -0.0637. The van der Waals surface area contributed by atoms with Gasteiger partial charge in [0.05, 0.1) is 12.7 Å². The maximum Gasteiger partial charge on any atom is 0.191 e. The van der Waals surface area contributed by atoms with E-state index in [1.165, 1.54) is 0 Å². The largest absolute Gasteiger partial charge is 0.390 e. The van der Waals surface area contributed by atoms with Gasteiger partial charge in [0.15, 0.2) is 5.78 Å². The maximum absolute atomic E-state index is 12.6. The second-order valence-electron chi connectivity index (χ2n) is 5.05. The van der Waals surface area contributed by atoms with Crippen molar-refractivity contribution in [2.45, 2.75) is 18.6 Å². The number of ketones is 1. The Morgan fingerprint density at radius 2 is 1.64 bits per heavy atom. The highest BCUT2D eigenvalue weighted by Crippen LogP contribution is 2.13. The van der Waals surface area contributed by atoms with E-state index < -0.39 is 12.2 Å². The van der Waals surface area contributed by atoms with E-state index in [-0.39, 0.29) is 12.4 Å². The van der Waals surface area contributed by atoms with Crippen LogP contribution in [0.3, 0.4) is 0 Å². The molecule has 0 radical (unpaired) electrons. The Labute approximate surface area is 139 Å². The number of halogens is 1. The normalized spacial score (nSPS) is 13.5. The second-order valence-corrected chi connectivity index (χ2v) is 5.70. The van der Waals surface area contributed by atoms with Crippen LogP contribution >= 0.6 is 15.9 Å². The Hall–Kier alpha value is -1.49. The molecular formula is C18H19BrO3. The van der Waals surface area contributed by atoms with Crippen LogP contribution in [-0.4, -0.2) is 35.0 Å². The van der Waals surface area contributed by atoms with E-state index in [1.54, 1.807) is 12.1 Å². The summed E-state index contributed by atoms with van der Waals surface area (Å²) in [5.41, 5.74) is 1.65. The Bertz CT molecular complexity index is 571. The van der Waals surface area contributed by atoms with Gasteiger partial charge in [-0.1, -0.05) is 76.6 Å². The molecule has 4 heteroatoms. The van der Waals surface area contributed by atoms with Gasteiger partial charge in [0.1, 0.15) is 6.10 Å². The number of rotatable bonds is 8. The third-order valence-corrected chi connectivity index (χ3v) is 4.03. The Morgan fingerprint density at radius 1 is 1.05 bits per heavy atom. The Balaban J connectivity index is 2.12. The number of carbonyl (C=O) groups is 1. The summed E-state index contributed by atoms with van der Waals surface area (Å²) in [7, 11) is 0. The summed E-state index contributed by atoms with van der Waals surface area (Å²) < 4.78 is 5.69. The number of aliphatic hydroxyl groups is 1. The van der Waals surface area contributed by atoms with E-state index in [0.717, 1.165) is 5.56 Å². The van der Waals surface area contributed by atoms with Crippen LogP contribution in [0.4, 0.5) is 0 Å². The first-order valence-corrected chi connectivity index (χ1v) is 8.31. The molecule has 0 aromatic heterocycles. The molecule has 0 bridgehead atoms. The Kier molecular flexibility index (Phi) is 6.77. The zero-order valence-corrected chi connectivity index (χ0v) is 13.8. The molecule has 2 atom stereocenters. The van der Waals surface area contributed by atoms with Gasteiger partial charge < -0.3 is 9.84 Å². The van der Waals surface area contributed by atoms with Crippen molar-refractivity contribution in [2.75, 3.05) is 11.9 Å². The molecule has 0 amide bonds. The molecule has 0 aliphatic rings. The highest BCUT2D eigenvalue weighted by atomic mass is 79.9. The molecule has 0 aliphatic carbocycles. The minimum Gasteiger partial charge on any atom is -0.390 e. The van der Waals surface area contributed by atoms with E-state index in [1.807, 2.05) is 48.5 Å². The summed E-state index contributed by atoms with van der Waals surface area (Å²) in [6.07, 6.45) is -0.732. The number of aliphatic hydroxyl groups excluding tert-OH is 1. The lowest BCUT2D eigenvalue weighted by Gasteiger charge is -2.18. The van der Waals surface area contributed by atoms with Crippen molar-refractivity contribution < 1.29 is 14.6 Å². The molecule has 1 N–H and O–H groups in total. The minimum atomic E-state index is -0.623. The average Bonchev–Trinajstić information content (AvgIpc) is 2.59. The van der Waals surface area contributed by atoms with Gasteiger partial charge in [0, 0.05) is 17.3 Å². The van der Waals surface area contributed by atoms with Crippen molar-refractivity contribution in [3.8, 4) is 0 Å². The van der Waals surface area contributed by atoms with Gasteiger partial charge in [-0.3, -0.25) is 4.79 Å². The lowest BCUT2D eigenvalue weighted by Crippen LogP contribution is -2.31. The van der Waals surface area contributed by atoms with Crippen molar-refractivity contribution in [3.63, 3.8) is 0 Å². The maximum atomic E-state index is 12.6. The first-order valence-electron chi connectivity index (χ1n) is 7.19. The Morgan fingerprint density at radius 3 is 2.23 bits per heavy atom. The molecule has 22 heavy (non-hydrogen) atoms. The summed E-state index contributed by atoms with van der Waals surface area (Å²) in [6, 6.07) is 18.9. The van der Waals surface area contributed by atoms with Gasteiger partial charge in [-0.25, -0.2) is 0 Å². The van der Waals surface area contributed by atoms with Gasteiger partial charge in [-0.05, 0) is 5.56 Å². The van der Waals surface area contributed by atoms with E-state index >= 15 is 0 Å². The number of alkyl halides is 1. The predicted molar refractivity (Wildman–Crippen MR) is 90.5 cm³/mol. The fraction of sp³-hybridized carbons (Fsp3) is 0.278. The SMILES string of the molecule is O=C(c1ccccc1)C(Cc1ccccc1)OCC(O)CBr. The molecule has 2 rings (SSSR count). The molecular weight excluding hydrogens is 344 g/mol. The summed E-state index contributed by atoms with van der Waals surface area (Å²) in [5, 5.41) is 10.1. The lowest BCUT2D eigenvalue weighted by molar-refractivity contribution is 0.00526. The average molecular weight is 363 g/mol. The fourth-order valence-electron chi connectivity index (χ4n) is 2.12. The van der Waals surface area contributed by atoms with Crippen LogP contribution in [0.2, 0.25) is 0 Å². The van der Waals surface area contributed by atoms with Gasteiger partial charge in [-0.2, -0.15) is 0 Å². The van der Waals surface area contributed by atoms with E-state index in [0.29, 0.717) is 17.3 Å². The molecule has 0 heterocycles. The number of hydrogen-bond donors (Lipinski definition) is 1. The monoisotopic (exact) mass is 362 g/mol. The lowest BCUT2D eigenvalue weighted by atomic mass is 10.00. The molecule has 0 spiro atoms. The molecule has 0 saturated heterocycles. The molecule has 2 unspecified atom stereocenters. The van der Waals surface area contributed by atoms with E-state index in [9.17, 15) is 9.90 Å². The summed E-state index contributed by atoms with van der Waals surface area (Å²) in [6.45, 7) is 0.126. The van der Waals surface area contributed by atoms with Gasteiger partial charge in [0.25, 0.3) is 0 Å². The smallest absolute Gasteiger partial charge is 0.191 e. The molecule has 0 aliphatic heterocycles. The van der Waals surface area contributed by atoms with Crippen LogP contribution in [0.25, 0.3) is 0 Å². The second kappa shape index (κ2) is 8.83. The topological polar surface area (TPSA) is 46.5 Å². The van der Waals surface area contributed by atoms with Crippen molar-refractivity contribution in [3.05, 3.63) is 71.8 Å². The summed E-state index contributed by atoms with van der Waals surface area (Å²) in [4.78, 5) is 12.6. The number of benzene rings is 2. The zero-order chi connectivity index (χ0) is 15.8. The minimum absolute atomic E-state index is 0.0637. The molecule has 3 nitrogen and oxygen atoms in total. The van der Waals surface area contributed by atoms with Crippen molar-refractivity contribution in [1.82, 2.24) is 0 Å². The number of Topliss-reactive ketones (excluding diaryl/α,β-unsaturated/α-hetero) is 1. The molecule has 0 saturated carbocycles. The number of ether oxygens (including phenoxy) is 1. The van der Waals surface area contributed by atoms with Gasteiger partial charge in [0.2, 0.25) is 0 Å². The zero-order valence-electron chi connectivity index (χ0n) is 12.2. The predicted octanol–water partition coefficient (Wildman–Crippen LogP) is 3.25. The van der Waals surface area contributed by atoms with Gasteiger partial charge in [-0.15, -0.1) is 0 Å². The van der Waals surface area contributed by atoms with Crippen molar-refractivity contribution >= 4 is 21.7 Å². The van der Waals surface area contributed by atoms with Crippen LogP contribution in [0.5, 0.6) is 0 Å². The highest BCUT2D eigenvalue weighted by Gasteiger charge is 2.22. The van der Waals surface area contributed by atoms with Crippen LogP contribution in [0.1, 0.15) is 15.9 Å².